The molecule has 0 bridgehead atoms. The molecule has 3 heterocycles. The Morgan fingerprint density at radius 2 is 2.07 bits per heavy atom. The number of fused-ring (bicyclic) bond motifs is 1. The summed E-state index contributed by atoms with van der Waals surface area (Å²) in [5, 5.41) is 2.44. The van der Waals surface area contributed by atoms with Crippen LogP contribution < -0.4 is 16.6 Å². The van der Waals surface area contributed by atoms with Crippen molar-refractivity contribution in [3.63, 3.8) is 0 Å². The van der Waals surface area contributed by atoms with Crippen molar-refractivity contribution in [2.45, 2.75) is 78.4 Å². The first-order valence-electron chi connectivity index (χ1n) is 10.1. The molecule has 3 unspecified atom stereocenters. The van der Waals surface area contributed by atoms with Crippen molar-refractivity contribution in [3.8, 4) is 0 Å². The average Bonchev–Trinajstić information content (AvgIpc) is 3.17. The molecule has 11 nitrogen and oxygen atoms in total. The monoisotopic (exact) mass is 421 g/mol. The molecule has 3 rings (SSSR count). The summed E-state index contributed by atoms with van der Waals surface area (Å²) in [7, 11) is 0. The Hall–Kier alpha value is -2.95. The van der Waals surface area contributed by atoms with Crippen LogP contribution in [-0.2, 0) is 25.6 Å². The first kappa shape index (κ1) is 21.8. The quantitative estimate of drug-likeness (QED) is 0.642. The van der Waals surface area contributed by atoms with Crippen molar-refractivity contribution < 1.29 is 19.1 Å². The minimum absolute atomic E-state index is 0.0166. The molecule has 2 aromatic heterocycles. The van der Waals surface area contributed by atoms with Gasteiger partial charge in [-0.15, -0.1) is 0 Å². The maximum absolute atomic E-state index is 13.3. The lowest BCUT2D eigenvalue weighted by Gasteiger charge is -2.14. The van der Waals surface area contributed by atoms with E-state index in [1.807, 2.05) is 0 Å². The van der Waals surface area contributed by atoms with E-state index in [0.29, 0.717) is 6.42 Å². The van der Waals surface area contributed by atoms with Crippen molar-refractivity contribution in [1.82, 2.24) is 19.1 Å². The molecule has 3 atom stereocenters. The molecule has 1 amide bonds. The van der Waals surface area contributed by atoms with Gasteiger partial charge in [-0.25, -0.2) is 9.36 Å². The Kier molecular flexibility index (Phi) is 6.40. The highest BCUT2D eigenvalue weighted by Gasteiger charge is 2.31. The maximum atomic E-state index is 13.3. The summed E-state index contributed by atoms with van der Waals surface area (Å²) in [5.41, 5.74) is -0.915. The first-order chi connectivity index (χ1) is 14.2. The molecule has 1 fully saturated rings. The van der Waals surface area contributed by atoms with E-state index >= 15 is 0 Å². The van der Waals surface area contributed by atoms with Crippen LogP contribution in [0.2, 0.25) is 0 Å². The predicted octanol–water partition coefficient (Wildman–Crippen LogP) is 1.27. The van der Waals surface area contributed by atoms with Gasteiger partial charge in [0, 0.05) is 13.8 Å². The number of aromatic nitrogens is 4. The van der Waals surface area contributed by atoms with Crippen molar-refractivity contribution in [1.29, 1.82) is 0 Å². The largest absolute Gasteiger partial charge is 0.461 e. The molecule has 0 radical (unpaired) electrons. The molecule has 2 N–H and O–H groups in total. The van der Waals surface area contributed by atoms with Crippen molar-refractivity contribution in [2.24, 2.45) is 0 Å². The molecule has 0 aliphatic carbocycles. The van der Waals surface area contributed by atoms with Crippen LogP contribution in [0.5, 0.6) is 0 Å². The normalized spacial score (nSPS) is 19.7. The lowest BCUT2D eigenvalue weighted by Crippen LogP contribution is -2.32. The smallest absolute Gasteiger partial charge is 0.332 e. The van der Waals surface area contributed by atoms with E-state index in [0.717, 1.165) is 19.3 Å². The highest BCUT2D eigenvalue weighted by molar-refractivity contribution is 5.87. The van der Waals surface area contributed by atoms with Gasteiger partial charge < -0.3 is 9.47 Å². The third-order valence-electron chi connectivity index (χ3n) is 4.90. The number of esters is 1. The second-order valence-electron chi connectivity index (χ2n) is 7.53. The zero-order chi connectivity index (χ0) is 22.0. The number of H-pyrrole nitrogens is 1. The minimum atomic E-state index is -0.633. The van der Waals surface area contributed by atoms with Gasteiger partial charge in [0.2, 0.25) is 11.9 Å². The predicted molar refractivity (Wildman–Crippen MR) is 108 cm³/mol. The van der Waals surface area contributed by atoms with Gasteiger partial charge in [0.25, 0.3) is 5.56 Å². The average molecular weight is 421 g/mol. The van der Waals surface area contributed by atoms with Crippen LogP contribution in [0, 0.1) is 0 Å². The van der Waals surface area contributed by atoms with Crippen LogP contribution in [-0.4, -0.2) is 43.2 Å². The fourth-order valence-electron chi connectivity index (χ4n) is 3.83. The zero-order valence-corrected chi connectivity index (χ0v) is 17.6. The number of nitrogens with zero attached hydrogens (tertiary/aromatic N) is 3. The van der Waals surface area contributed by atoms with E-state index in [-0.39, 0.29) is 29.8 Å². The van der Waals surface area contributed by atoms with Gasteiger partial charge in [-0.3, -0.25) is 29.3 Å². The second kappa shape index (κ2) is 8.82. The Morgan fingerprint density at radius 1 is 1.33 bits per heavy atom. The summed E-state index contributed by atoms with van der Waals surface area (Å²) < 4.78 is 13.8. The van der Waals surface area contributed by atoms with Crippen LogP contribution in [0.4, 0.5) is 5.95 Å². The van der Waals surface area contributed by atoms with Crippen LogP contribution in [0.1, 0.15) is 59.6 Å². The van der Waals surface area contributed by atoms with Gasteiger partial charge in [0.1, 0.15) is 12.3 Å². The lowest BCUT2D eigenvalue weighted by molar-refractivity contribution is -0.146. The van der Waals surface area contributed by atoms with E-state index in [1.165, 1.54) is 23.0 Å². The number of amides is 1. The number of ether oxygens (including phenoxy) is 2. The van der Waals surface area contributed by atoms with Crippen LogP contribution in [0.15, 0.2) is 9.59 Å². The van der Waals surface area contributed by atoms with E-state index in [4.69, 9.17) is 9.47 Å². The number of hydrogen-bond donors (Lipinski definition) is 2. The number of nitrogens with one attached hydrogen (secondary N) is 2. The molecule has 0 aromatic carbocycles. The molecule has 0 spiro atoms. The van der Waals surface area contributed by atoms with E-state index in [9.17, 15) is 19.2 Å². The summed E-state index contributed by atoms with van der Waals surface area (Å²) in [6, 6.07) is 0. The Balaban J connectivity index is 2.13. The van der Waals surface area contributed by atoms with Gasteiger partial charge in [0.05, 0.1) is 12.6 Å². The third-order valence-corrected chi connectivity index (χ3v) is 4.90. The van der Waals surface area contributed by atoms with E-state index < -0.39 is 35.5 Å². The zero-order valence-electron chi connectivity index (χ0n) is 17.6. The number of carbonyl (C=O) groups excluding carboxylic acids is 2. The van der Waals surface area contributed by atoms with Gasteiger partial charge in [-0.2, -0.15) is 4.98 Å². The molecule has 164 valence electrons. The highest BCUT2D eigenvalue weighted by atomic mass is 16.5. The number of aromatic amines is 1. The lowest BCUT2D eigenvalue weighted by atomic mass is 10.1. The van der Waals surface area contributed by atoms with Gasteiger partial charge in [0.15, 0.2) is 11.2 Å². The van der Waals surface area contributed by atoms with E-state index in [2.05, 4.69) is 22.2 Å². The summed E-state index contributed by atoms with van der Waals surface area (Å²) in [6.45, 7) is 6.24. The maximum Gasteiger partial charge on any atom is 0.332 e. The summed E-state index contributed by atoms with van der Waals surface area (Å²) in [5.74, 6) is -0.947. The van der Waals surface area contributed by atoms with Crippen LogP contribution >= 0.6 is 0 Å². The fourth-order valence-corrected chi connectivity index (χ4v) is 3.83. The standard InChI is InChI=1S/C19H27N5O6/c1-5-6-13-7-8-14(30-13)24-16-15(17(27)22-18(21-16)20-11(3)25)23(19(24)28)9-10(2)29-12(4)26/h10,13-14H,5-9H2,1-4H3,(H2,20,21,22,25,27). The van der Waals surface area contributed by atoms with Gasteiger partial charge >= 0.3 is 11.7 Å². The summed E-state index contributed by atoms with van der Waals surface area (Å²) in [6.07, 6.45) is 2.06. The molecule has 1 aliphatic rings. The second-order valence-corrected chi connectivity index (χ2v) is 7.53. The first-order valence-corrected chi connectivity index (χ1v) is 10.1. The topological polar surface area (TPSA) is 137 Å². The van der Waals surface area contributed by atoms with Gasteiger partial charge in [-0.1, -0.05) is 13.3 Å². The van der Waals surface area contributed by atoms with Crippen molar-refractivity contribution in [3.05, 3.63) is 20.8 Å². The molecule has 11 heteroatoms. The van der Waals surface area contributed by atoms with Crippen LogP contribution in [0.25, 0.3) is 11.2 Å². The third kappa shape index (κ3) is 4.45. The molecular weight excluding hydrogens is 394 g/mol. The van der Waals surface area contributed by atoms with Gasteiger partial charge in [-0.05, 0) is 26.2 Å². The Morgan fingerprint density at radius 3 is 2.70 bits per heavy atom. The van der Waals surface area contributed by atoms with E-state index in [1.54, 1.807) is 6.92 Å². The Labute approximate surface area is 172 Å². The molecule has 1 saturated heterocycles. The Bertz CT molecular complexity index is 1070. The van der Waals surface area contributed by atoms with Crippen molar-refractivity contribution in [2.75, 3.05) is 5.32 Å². The molecule has 2 aromatic rings. The number of anilines is 1. The number of carbonyl (C=O) groups is 2. The number of hydrogen-bond acceptors (Lipinski definition) is 7. The molecule has 30 heavy (non-hydrogen) atoms. The minimum Gasteiger partial charge on any atom is -0.461 e. The number of imidazole rings is 1. The fraction of sp³-hybridized carbons (Fsp3) is 0.632. The molecule has 0 saturated carbocycles. The van der Waals surface area contributed by atoms with Crippen molar-refractivity contribution >= 4 is 29.0 Å². The molecular formula is C19H27N5O6. The van der Waals surface area contributed by atoms with Crippen LogP contribution in [0.3, 0.4) is 0 Å². The number of rotatable bonds is 7. The molecule has 1 aliphatic heterocycles. The summed E-state index contributed by atoms with van der Waals surface area (Å²) >= 11 is 0. The highest BCUT2D eigenvalue weighted by Crippen LogP contribution is 2.31. The SMILES string of the molecule is CCCC1CCC(n2c(=O)n(CC(C)OC(C)=O)c3c(=O)[nH]c(NC(C)=O)nc32)O1. The summed E-state index contributed by atoms with van der Waals surface area (Å²) in [4.78, 5) is 55.5.